The Morgan fingerprint density at radius 1 is 1.24 bits per heavy atom. The third-order valence-corrected chi connectivity index (χ3v) is 6.29. The highest BCUT2D eigenvalue weighted by atomic mass is 32.2. The number of para-hydroxylation sites is 1. The molecule has 0 aromatic heterocycles. The number of methoxy groups -OCH3 is 1. The Bertz CT molecular complexity index is 1030. The average molecular weight is 470 g/mol. The van der Waals surface area contributed by atoms with E-state index in [0.29, 0.717) is 30.6 Å². The summed E-state index contributed by atoms with van der Waals surface area (Å²) in [6.07, 6.45) is -0.351. The predicted molar refractivity (Wildman–Crippen MR) is 128 cm³/mol. The Hall–Kier alpha value is -3.08. The van der Waals surface area contributed by atoms with Gasteiger partial charge in [-0.05, 0) is 37.3 Å². The number of hydrogen-bond acceptors (Lipinski definition) is 8. The van der Waals surface area contributed by atoms with Crippen molar-refractivity contribution in [1.29, 1.82) is 0 Å². The van der Waals surface area contributed by atoms with E-state index in [1.165, 1.54) is 11.8 Å². The minimum Gasteiger partial charge on any atom is -0.496 e. The zero-order valence-corrected chi connectivity index (χ0v) is 19.4. The van der Waals surface area contributed by atoms with Gasteiger partial charge in [0, 0.05) is 18.7 Å². The zero-order chi connectivity index (χ0) is 23.2. The zero-order valence-electron chi connectivity index (χ0n) is 18.5. The lowest BCUT2D eigenvalue weighted by Crippen LogP contribution is -2.49. The number of nitrogens with one attached hydrogen (secondary N) is 3. The molecule has 0 spiro atoms. The Balaban J connectivity index is 1.45. The molecule has 2 aromatic rings. The molecule has 174 valence electrons. The van der Waals surface area contributed by atoms with Gasteiger partial charge in [-0.15, -0.1) is 0 Å². The molecule has 2 aliphatic rings. The van der Waals surface area contributed by atoms with Crippen LogP contribution in [-0.4, -0.2) is 49.2 Å². The molecule has 0 bridgehead atoms. The number of amides is 2. The van der Waals surface area contributed by atoms with Gasteiger partial charge in [-0.2, -0.15) is 0 Å². The van der Waals surface area contributed by atoms with Crippen molar-refractivity contribution in [2.45, 2.75) is 19.6 Å². The number of fused-ring (bicyclic) bond motifs is 1. The molecule has 2 heterocycles. The molecule has 2 aliphatic heterocycles. The summed E-state index contributed by atoms with van der Waals surface area (Å²) < 4.78 is 10.8. The monoisotopic (exact) mass is 469 g/mol. The first-order chi connectivity index (χ1) is 16.1. The molecule has 3 N–H and O–H groups in total. The fraction of sp³-hybridized carbons (Fsp3) is 0.348. The molecule has 33 heavy (non-hydrogen) atoms. The predicted octanol–water partition coefficient (Wildman–Crippen LogP) is 1.90. The van der Waals surface area contributed by atoms with Crippen LogP contribution in [0.4, 0.5) is 5.69 Å². The van der Waals surface area contributed by atoms with Gasteiger partial charge in [-0.1, -0.05) is 30.0 Å². The third-order valence-electron chi connectivity index (χ3n) is 5.34. The molecule has 10 heteroatoms. The number of ether oxygens (including phenoxy) is 2. The van der Waals surface area contributed by atoms with E-state index >= 15 is 0 Å². The second-order valence-corrected chi connectivity index (χ2v) is 8.41. The minimum atomic E-state index is -0.351. The lowest BCUT2D eigenvalue weighted by atomic mass is 10.0. The number of nitrogens with zero attached hydrogens (tertiary/aromatic N) is 2. The van der Waals surface area contributed by atoms with E-state index in [0.717, 1.165) is 17.1 Å². The van der Waals surface area contributed by atoms with Gasteiger partial charge in [0.2, 0.25) is 11.8 Å². The topological polar surface area (TPSA) is 104 Å². The van der Waals surface area contributed by atoms with E-state index in [9.17, 15) is 9.59 Å². The molecule has 4 rings (SSSR count). The highest BCUT2D eigenvalue weighted by molar-refractivity contribution is 8.14. The quantitative estimate of drug-likeness (QED) is 0.542. The lowest BCUT2D eigenvalue weighted by Gasteiger charge is -2.32. The summed E-state index contributed by atoms with van der Waals surface area (Å²) in [5.74, 6) is 1.05. The van der Waals surface area contributed by atoms with E-state index in [2.05, 4.69) is 16.2 Å². The van der Waals surface area contributed by atoms with Crippen molar-refractivity contribution in [2.75, 3.05) is 30.9 Å². The number of benzene rings is 2. The second kappa shape index (κ2) is 10.7. The highest BCUT2D eigenvalue weighted by Gasteiger charge is 2.42. The molecule has 2 unspecified atom stereocenters. The van der Waals surface area contributed by atoms with Gasteiger partial charge >= 0.3 is 0 Å². The maximum absolute atomic E-state index is 13.3. The van der Waals surface area contributed by atoms with Crippen LogP contribution in [0.2, 0.25) is 0 Å². The number of carbonyl (C=O) groups excluding carboxylic acids is 2. The number of aliphatic imine (C=N–C) groups is 1. The van der Waals surface area contributed by atoms with Crippen molar-refractivity contribution in [3.63, 3.8) is 0 Å². The van der Waals surface area contributed by atoms with Gasteiger partial charge in [0.25, 0.3) is 0 Å². The number of rotatable bonds is 8. The van der Waals surface area contributed by atoms with Gasteiger partial charge < -0.3 is 14.8 Å². The van der Waals surface area contributed by atoms with Crippen LogP contribution in [0.5, 0.6) is 11.5 Å². The second-order valence-electron chi connectivity index (χ2n) is 7.47. The molecule has 0 saturated carbocycles. The first-order valence-electron chi connectivity index (χ1n) is 10.7. The van der Waals surface area contributed by atoms with E-state index in [4.69, 9.17) is 14.5 Å². The number of thioether (sulfide) groups is 1. The van der Waals surface area contributed by atoms with E-state index in [1.807, 2.05) is 55.5 Å². The summed E-state index contributed by atoms with van der Waals surface area (Å²) in [5, 5.41) is 3.38. The number of hydrazine groups is 1. The summed E-state index contributed by atoms with van der Waals surface area (Å²) in [4.78, 5) is 32.1. The minimum absolute atomic E-state index is 0.0615. The van der Waals surface area contributed by atoms with E-state index < -0.39 is 0 Å². The van der Waals surface area contributed by atoms with Crippen molar-refractivity contribution in [1.82, 2.24) is 16.2 Å². The third kappa shape index (κ3) is 5.29. The molecule has 0 aliphatic carbocycles. The first kappa shape index (κ1) is 23.1. The van der Waals surface area contributed by atoms with Gasteiger partial charge in [-0.3, -0.25) is 19.9 Å². The molecule has 2 aromatic carbocycles. The molecular weight excluding hydrogens is 442 g/mol. The molecular formula is C23H27N5O4S. The summed E-state index contributed by atoms with van der Waals surface area (Å²) in [7, 11) is 1.60. The average Bonchev–Trinajstić information content (AvgIpc) is 3.31. The van der Waals surface area contributed by atoms with E-state index in [1.54, 1.807) is 12.0 Å². The smallest absolute Gasteiger partial charge is 0.241 e. The summed E-state index contributed by atoms with van der Waals surface area (Å²) >= 11 is 1.23. The Labute approximate surface area is 196 Å². The number of carbonyl (C=O) groups is 2. The number of hydrogen-bond donors (Lipinski definition) is 3. The van der Waals surface area contributed by atoms with Crippen molar-refractivity contribution in [3.8, 4) is 11.5 Å². The molecule has 0 radical (unpaired) electrons. The SMILES string of the molecule is CCOc1ccc(N2C(=O)C3CNNC3N=C2SCC(=O)NCc2ccccc2OC)cc1. The largest absolute Gasteiger partial charge is 0.496 e. The Kier molecular flexibility index (Phi) is 7.48. The molecule has 2 atom stereocenters. The summed E-state index contributed by atoms with van der Waals surface area (Å²) in [5.41, 5.74) is 7.61. The van der Waals surface area contributed by atoms with Crippen LogP contribution in [0, 0.1) is 5.92 Å². The normalized spacial score (nSPS) is 19.6. The van der Waals surface area contributed by atoms with Crippen LogP contribution in [0.25, 0.3) is 0 Å². The highest BCUT2D eigenvalue weighted by Crippen LogP contribution is 2.30. The van der Waals surface area contributed by atoms with Gasteiger partial charge in [0.1, 0.15) is 17.7 Å². The van der Waals surface area contributed by atoms with Gasteiger partial charge in [-0.25, -0.2) is 10.4 Å². The van der Waals surface area contributed by atoms with E-state index in [-0.39, 0.29) is 29.7 Å². The van der Waals surface area contributed by atoms with Crippen LogP contribution in [-0.2, 0) is 16.1 Å². The fourth-order valence-corrected chi connectivity index (χ4v) is 4.56. The lowest BCUT2D eigenvalue weighted by molar-refractivity contribution is -0.121. The van der Waals surface area contributed by atoms with Gasteiger partial charge in [0.15, 0.2) is 5.17 Å². The molecule has 1 saturated heterocycles. The molecule has 1 fully saturated rings. The van der Waals surface area contributed by atoms with Crippen LogP contribution >= 0.6 is 11.8 Å². The maximum Gasteiger partial charge on any atom is 0.241 e. The number of amidine groups is 1. The van der Waals surface area contributed by atoms with Gasteiger partial charge in [0.05, 0.1) is 31.1 Å². The van der Waals surface area contributed by atoms with Crippen molar-refractivity contribution in [2.24, 2.45) is 10.9 Å². The standard InChI is InChI=1S/C23H27N5O4S/c1-3-32-17-10-8-16(9-11-17)28-22(30)18-13-25-27-21(18)26-23(28)33-14-20(29)24-12-15-6-4-5-7-19(15)31-2/h4-11,18,21,25,27H,3,12-14H2,1-2H3,(H,24,29). The van der Waals surface area contributed by atoms with Crippen LogP contribution < -0.4 is 30.5 Å². The number of anilines is 1. The Morgan fingerprint density at radius 3 is 2.79 bits per heavy atom. The van der Waals surface area contributed by atoms with Crippen molar-refractivity contribution < 1.29 is 19.1 Å². The van der Waals surface area contributed by atoms with Crippen LogP contribution in [0.15, 0.2) is 53.5 Å². The van der Waals surface area contributed by atoms with Crippen LogP contribution in [0.3, 0.4) is 0 Å². The fourth-order valence-electron chi connectivity index (χ4n) is 3.69. The Morgan fingerprint density at radius 2 is 2.03 bits per heavy atom. The molecule has 9 nitrogen and oxygen atoms in total. The first-order valence-corrected chi connectivity index (χ1v) is 11.7. The van der Waals surface area contributed by atoms with Crippen molar-refractivity contribution in [3.05, 3.63) is 54.1 Å². The summed E-state index contributed by atoms with van der Waals surface area (Å²) in [6, 6.07) is 14.8. The maximum atomic E-state index is 13.3. The summed E-state index contributed by atoms with van der Waals surface area (Å²) in [6.45, 7) is 3.34. The van der Waals surface area contributed by atoms with Crippen LogP contribution in [0.1, 0.15) is 12.5 Å². The van der Waals surface area contributed by atoms with Crippen molar-refractivity contribution >= 4 is 34.4 Å². The molecule has 2 amide bonds.